The summed E-state index contributed by atoms with van der Waals surface area (Å²) < 4.78 is 0. The lowest BCUT2D eigenvalue weighted by atomic mass is 9.90. The van der Waals surface area contributed by atoms with Crippen LogP contribution in [0.25, 0.3) is 0 Å². The van der Waals surface area contributed by atoms with Crippen LogP contribution >= 0.6 is 11.3 Å². The van der Waals surface area contributed by atoms with Crippen molar-refractivity contribution in [2.24, 2.45) is 0 Å². The number of para-hydroxylation sites is 1. The van der Waals surface area contributed by atoms with Crippen LogP contribution in [0.1, 0.15) is 35.3 Å². The molecule has 1 aliphatic rings. The van der Waals surface area contributed by atoms with Gasteiger partial charge >= 0.3 is 0 Å². The summed E-state index contributed by atoms with van der Waals surface area (Å²) >= 11 is 1.72. The Morgan fingerprint density at radius 3 is 3.10 bits per heavy atom. The van der Waals surface area contributed by atoms with Crippen molar-refractivity contribution in [2.75, 3.05) is 11.9 Å². The Balaban J connectivity index is 1.69. The van der Waals surface area contributed by atoms with E-state index < -0.39 is 0 Å². The van der Waals surface area contributed by atoms with E-state index in [0.29, 0.717) is 6.54 Å². The molecule has 1 aliphatic heterocycles. The molecular weight excluding hydrogens is 280 g/mol. The fraction of sp³-hybridized carbons (Fsp3) is 0.353. The molecule has 0 radical (unpaired) electrons. The maximum atomic E-state index is 12.5. The number of carbonyl (C=O) groups is 1. The van der Waals surface area contributed by atoms with Crippen molar-refractivity contribution < 1.29 is 4.79 Å². The first-order valence-electron chi connectivity index (χ1n) is 7.45. The molecule has 1 unspecified atom stereocenters. The molecule has 0 fully saturated rings. The van der Waals surface area contributed by atoms with Crippen molar-refractivity contribution in [3.8, 4) is 0 Å². The summed E-state index contributed by atoms with van der Waals surface area (Å²) in [6, 6.07) is 10.2. The first-order chi connectivity index (χ1) is 10.3. The van der Waals surface area contributed by atoms with E-state index in [1.165, 1.54) is 10.4 Å². The Labute approximate surface area is 129 Å². The van der Waals surface area contributed by atoms with Gasteiger partial charge in [0, 0.05) is 17.1 Å². The normalized spacial score (nSPS) is 16.9. The summed E-state index contributed by atoms with van der Waals surface area (Å²) in [5, 5.41) is 8.57. The molecule has 2 aromatic rings. The molecule has 110 valence electrons. The summed E-state index contributed by atoms with van der Waals surface area (Å²) in [7, 11) is 0. The highest BCUT2D eigenvalue weighted by atomic mass is 32.1. The average Bonchev–Trinajstić information content (AvgIpc) is 2.99. The molecule has 1 aromatic heterocycles. The SMILES string of the molecule is CCc1ccsc1CNC(=O)C1CCNc2ccccc21. The van der Waals surface area contributed by atoms with Gasteiger partial charge in [-0.25, -0.2) is 0 Å². The number of hydrogen-bond donors (Lipinski definition) is 2. The molecule has 0 saturated carbocycles. The highest BCUT2D eigenvalue weighted by Gasteiger charge is 2.25. The fourth-order valence-corrected chi connectivity index (χ4v) is 3.78. The maximum Gasteiger partial charge on any atom is 0.227 e. The molecule has 0 aliphatic carbocycles. The Morgan fingerprint density at radius 2 is 2.24 bits per heavy atom. The van der Waals surface area contributed by atoms with Crippen LogP contribution in [0.5, 0.6) is 0 Å². The van der Waals surface area contributed by atoms with Crippen LogP contribution in [0.4, 0.5) is 5.69 Å². The Hall–Kier alpha value is -1.81. The van der Waals surface area contributed by atoms with Crippen LogP contribution < -0.4 is 10.6 Å². The minimum Gasteiger partial charge on any atom is -0.385 e. The fourth-order valence-electron chi connectivity index (χ4n) is 2.87. The van der Waals surface area contributed by atoms with E-state index in [0.717, 1.165) is 30.6 Å². The van der Waals surface area contributed by atoms with Crippen LogP contribution in [0.15, 0.2) is 35.7 Å². The molecule has 21 heavy (non-hydrogen) atoms. The van der Waals surface area contributed by atoms with Crippen molar-refractivity contribution in [3.63, 3.8) is 0 Å². The number of thiophene rings is 1. The van der Waals surface area contributed by atoms with Crippen LogP contribution in [-0.4, -0.2) is 12.5 Å². The molecule has 4 heteroatoms. The third-order valence-corrected chi connectivity index (χ3v) is 5.01. The summed E-state index contributed by atoms with van der Waals surface area (Å²) in [6.45, 7) is 3.65. The number of amides is 1. The maximum absolute atomic E-state index is 12.5. The summed E-state index contributed by atoms with van der Waals surface area (Å²) in [5.41, 5.74) is 3.54. The second-order valence-corrected chi connectivity index (χ2v) is 6.30. The monoisotopic (exact) mass is 300 g/mol. The van der Waals surface area contributed by atoms with Crippen molar-refractivity contribution in [3.05, 3.63) is 51.7 Å². The third-order valence-electron chi connectivity index (χ3n) is 4.04. The van der Waals surface area contributed by atoms with Crippen LogP contribution in [0.3, 0.4) is 0 Å². The van der Waals surface area contributed by atoms with Crippen LogP contribution in [0, 0.1) is 0 Å². The van der Waals surface area contributed by atoms with E-state index in [1.54, 1.807) is 11.3 Å². The van der Waals surface area contributed by atoms with Crippen molar-refractivity contribution in [2.45, 2.75) is 32.2 Å². The van der Waals surface area contributed by atoms with Gasteiger partial charge in [0.05, 0.1) is 12.5 Å². The smallest absolute Gasteiger partial charge is 0.227 e. The topological polar surface area (TPSA) is 41.1 Å². The number of hydrogen-bond acceptors (Lipinski definition) is 3. The lowest BCUT2D eigenvalue weighted by Gasteiger charge is -2.25. The molecule has 1 aromatic carbocycles. The number of benzene rings is 1. The van der Waals surface area contributed by atoms with Gasteiger partial charge in [-0.2, -0.15) is 0 Å². The number of anilines is 1. The molecule has 1 atom stereocenters. The van der Waals surface area contributed by atoms with Gasteiger partial charge < -0.3 is 10.6 Å². The van der Waals surface area contributed by atoms with E-state index >= 15 is 0 Å². The van der Waals surface area contributed by atoms with Gasteiger partial charge in [-0.15, -0.1) is 11.3 Å². The molecule has 2 heterocycles. The van der Waals surface area contributed by atoms with Gasteiger partial charge in [-0.05, 0) is 41.5 Å². The second-order valence-electron chi connectivity index (χ2n) is 5.30. The molecular formula is C17H20N2OS. The molecule has 0 saturated heterocycles. The number of nitrogens with one attached hydrogen (secondary N) is 2. The average molecular weight is 300 g/mol. The van der Waals surface area contributed by atoms with Gasteiger partial charge in [0.2, 0.25) is 5.91 Å². The zero-order valence-corrected chi connectivity index (χ0v) is 13.0. The Kier molecular flexibility index (Phi) is 4.25. The molecule has 0 spiro atoms. The van der Waals surface area contributed by atoms with Crippen LogP contribution in [-0.2, 0) is 17.8 Å². The number of fused-ring (bicyclic) bond motifs is 1. The zero-order chi connectivity index (χ0) is 14.7. The number of rotatable bonds is 4. The first-order valence-corrected chi connectivity index (χ1v) is 8.33. The quantitative estimate of drug-likeness (QED) is 0.907. The number of carbonyl (C=O) groups excluding carboxylic acids is 1. The third kappa shape index (κ3) is 2.95. The standard InChI is InChI=1S/C17H20N2OS/c1-2-12-8-10-21-16(12)11-19-17(20)14-7-9-18-15-6-4-3-5-13(14)15/h3-6,8,10,14,18H,2,7,9,11H2,1H3,(H,19,20). The van der Waals surface area contributed by atoms with E-state index in [1.807, 2.05) is 24.3 Å². The molecule has 0 bridgehead atoms. The zero-order valence-electron chi connectivity index (χ0n) is 12.2. The van der Waals surface area contributed by atoms with Crippen molar-refractivity contribution >= 4 is 22.9 Å². The first kappa shape index (κ1) is 14.1. The van der Waals surface area contributed by atoms with E-state index in [2.05, 4.69) is 29.0 Å². The van der Waals surface area contributed by atoms with E-state index in [9.17, 15) is 4.79 Å². The summed E-state index contributed by atoms with van der Waals surface area (Å²) in [4.78, 5) is 13.8. The summed E-state index contributed by atoms with van der Waals surface area (Å²) in [5.74, 6) is 0.104. The molecule has 3 nitrogen and oxygen atoms in total. The lowest BCUT2D eigenvalue weighted by molar-refractivity contribution is -0.122. The van der Waals surface area contributed by atoms with E-state index in [-0.39, 0.29) is 11.8 Å². The Morgan fingerprint density at radius 1 is 1.38 bits per heavy atom. The van der Waals surface area contributed by atoms with Gasteiger partial charge in [-0.3, -0.25) is 4.79 Å². The minimum atomic E-state index is -0.0347. The van der Waals surface area contributed by atoms with Crippen LogP contribution in [0.2, 0.25) is 0 Å². The molecule has 1 amide bonds. The minimum absolute atomic E-state index is 0.0347. The van der Waals surface area contributed by atoms with Gasteiger partial charge in [0.25, 0.3) is 0 Å². The molecule has 2 N–H and O–H groups in total. The molecule has 3 rings (SSSR count). The van der Waals surface area contributed by atoms with Gasteiger partial charge in [0.1, 0.15) is 0 Å². The predicted octanol–water partition coefficient (Wildman–Crippen LogP) is 3.53. The van der Waals surface area contributed by atoms with Gasteiger partial charge in [0.15, 0.2) is 0 Å². The van der Waals surface area contributed by atoms with Crippen molar-refractivity contribution in [1.29, 1.82) is 0 Å². The number of aryl methyl sites for hydroxylation is 1. The van der Waals surface area contributed by atoms with Gasteiger partial charge in [-0.1, -0.05) is 25.1 Å². The largest absolute Gasteiger partial charge is 0.385 e. The predicted molar refractivity (Wildman–Crippen MR) is 87.8 cm³/mol. The van der Waals surface area contributed by atoms with E-state index in [4.69, 9.17) is 0 Å². The van der Waals surface area contributed by atoms with Crippen molar-refractivity contribution in [1.82, 2.24) is 5.32 Å². The highest BCUT2D eigenvalue weighted by molar-refractivity contribution is 7.10. The highest BCUT2D eigenvalue weighted by Crippen LogP contribution is 2.31. The summed E-state index contributed by atoms with van der Waals surface area (Å²) in [6.07, 6.45) is 1.87. The second kappa shape index (κ2) is 6.31. The lowest BCUT2D eigenvalue weighted by Crippen LogP contribution is -2.32. The Bertz CT molecular complexity index is 635.